The van der Waals surface area contributed by atoms with Crippen LogP contribution in [-0.4, -0.2) is 52.1 Å². The van der Waals surface area contributed by atoms with E-state index in [2.05, 4.69) is 16.8 Å². The van der Waals surface area contributed by atoms with Crippen molar-refractivity contribution >= 4 is 17.7 Å². The fourth-order valence-electron chi connectivity index (χ4n) is 3.07. The van der Waals surface area contributed by atoms with Gasteiger partial charge in [0.1, 0.15) is 0 Å². The summed E-state index contributed by atoms with van der Waals surface area (Å²) in [5.74, 6) is 2.78. The molecular weight excluding hydrogens is 416 g/mol. The van der Waals surface area contributed by atoms with Crippen molar-refractivity contribution in [2.24, 2.45) is 0 Å². The number of benzene rings is 1. The lowest BCUT2D eigenvalue weighted by Crippen LogP contribution is -2.31. The molecular formula is C22H26N4O4S. The highest BCUT2D eigenvalue weighted by Gasteiger charge is 2.19. The zero-order valence-corrected chi connectivity index (χ0v) is 18.7. The number of allylic oxidation sites excluding steroid dienone is 1. The average molecular weight is 443 g/mol. The molecule has 0 aliphatic heterocycles. The number of thioether (sulfide) groups is 1. The summed E-state index contributed by atoms with van der Waals surface area (Å²) in [6.07, 6.45) is 3.35. The third-order valence-corrected chi connectivity index (χ3v) is 5.60. The Bertz CT molecular complexity index is 1020. The van der Waals surface area contributed by atoms with Crippen molar-refractivity contribution in [3.8, 4) is 23.1 Å². The fourth-order valence-corrected chi connectivity index (χ4v) is 3.92. The minimum atomic E-state index is 0.00925. The molecule has 0 atom stereocenters. The molecule has 0 spiro atoms. The molecule has 0 aliphatic rings. The molecule has 1 aromatic carbocycles. The predicted octanol–water partition coefficient (Wildman–Crippen LogP) is 3.88. The number of ether oxygens (including phenoxy) is 2. The molecule has 0 saturated heterocycles. The van der Waals surface area contributed by atoms with Crippen LogP contribution < -0.4 is 9.47 Å². The van der Waals surface area contributed by atoms with E-state index in [1.54, 1.807) is 37.5 Å². The van der Waals surface area contributed by atoms with Crippen LogP contribution >= 0.6 is 11.8 Å². The highest BCUT2D eigenvalue weighted by molar-refractivity contribution is 7.99. The first-order valence-electron chi connectivity index (χ1n) is 9.80. The summed E-state index contributed by atoms with van der Waals surface area (Å²) in [6, 6.07) is 9.28. The number of methoxy groups -OCH3 is 2. The second-order valence-corrected chi connectivity index (χ2v) is 7.51. The smallest absolute Gasteiger partial charge is 0.233 e. The van der Waals surface area contributed by atoms with E-state index in [4.69, 9.17) is 13.9 Å². The van der Waals surface area contributed by atoms with Crippen molar-refractivity contribution in [1.29, 1.82) is 0 Å². The summed E-state index contributed by atoms with van der Waals surface area (Å²) >= 11 is 1.35. The van der Waals surface area contributed by atoms with Crippen LogP contribution in [0, 0.1) is 0 Å². The normalized spacial score (nSPS) is 10.7. The molecule has 0 aliphatic carbocycles. The maximum Gasteiger partial charge on any atom is 0.233 e. The maximum absolute atomic E-state index is 12.9. The molecule has 31 heavy (non-hydrogen) atoms. The molecule has 1 amide bonds. The summed E-state index contributed by atoms with van der Waals surface area (Å²) < 4.78 is 18.0. The Morgan fingerprint density at radius 2 is 2.06 bits per heavy atom. The molecule has 8 nitrogen and oxygen atoms in total. The van der Waals surface area contributed by atoms with Gasteiger partial charge >= 0.3 is 0 Å². The van der Waals surface area contributed by atoms with Crippen LogP contribution in [-0.2, 0) is 17.9 Å². The van der Waals surface area contributed by atoms with Gasteiger partial charge in [-0.05, 0) is 36.8 Å². The van der Waals surface area contributed by atoms with Gasteiger partial charge in [0, 0.05) is 19.6 Å². The first-order chi connectivity index (χ1) is 15.1. The van der Waals surface area contributed by atoms with Crippen LogP contribution in [0.3, 0.4) is 0 Å². The standard InChI is InChI=1S/C22H26N4O4S/c1-5-11-26-21(18-8-7-12-30-18)23-24-22(26)31-15-20(27)25(6-2)14-16-9-10-17(28-3)19(13-16)29-4/h5,7-10,12-13H,1,6,11,14-15H2,2-4H3. The number of rotatable bonds is 11. The van der Waals surface area contributed by atoms with E-state index in [0.29, 0.717) is 47.9 Å². The number of furan rings is 1. The van der Waals surface area contributed by atoms with Gasteiger partial charge in [0.25, 0.3) is 0 Å². The van der Waals surface area contributed by atoms with Crippen molar-refractivity contribution in [2.45, 2.75) is 25.2 Å². The number of hydrogen-bond donors (Lipinski definition) is 0. The summed E-state index contributed by atoms with van der Waals surface area (Å²) in [4.78, 5) is 14.7. The van der Waals surface area contributed by atoms with E-state index in [1.807, 2.05) is 35.8 Å². The molecule has 3 rings (SSSR count). The van der Waals surface area contributed by atoms with Crippen molar-refractivity contribution < 1.29 is 18.7 Å². The Hall–Kier alpha value is -3.20. The van der Waals surface area contributed by atoms with Gasteiger partial charge in [0.2, 0.25) is 11.7 Å². The number of carbonyl (C=O) groups excluding carboxylic acids is 1. The molecule has 164 valence electrons. The molecule has 3 aromatic rings. The van der Waals surface area contributed by atoms with Crippen LogP contribution in [0.15, 0.2) is 58.8 Å². The SMILES string of the molecule is C=CCn1c(SCC(=O)N(CC)Cc2ccc(OC)c(OC)c2)nnc1-c1ccco1. The summed E-state index contributed by atoms with van der Waals surface area (Å²) in [5.41, 5.74) is 0.966. The van der Waals surface area contributed by atoms with E-state index in [-0.39, 0.29) is 11.7 Å². The number of aromatic nitrogens is 3. The average Bonchev–Trinajstić information content (AvgIpc) is 3.46. The second kappa shape index (κ2) is 10.7. The highest BCUT2D eigenvalue weighted by atomic mass is 32.2. The largest absolute Gasteiger partial charge is 0.493 e. The Balaban J connectivity index is 1.69. The number of nitrogens with zero attached hydrogens (tertiary/aromatic N) is 4. The van der Waals surface area contributed by atoms with Crippen molar-refractivity contribution in [3.63, 3.8) is 0 Å². The predicted molar refractivity (Wildman–Crippen MR) is 119 cm³/mol. The first kappa shape index (κ1) is 22.5. The van der Waals surface area contributed by atoms with Crippen LogP contribution in [0.1, 0.15) is 12.5 Å². The van der Waals surface area contributed by atoms with E-state index in [0.717, 1.165) is 5.56 Å². The minimum Gasteiger partial charge on any atom is -0.493 e. The Labute approximate surface area is 185 Å². The fraction of sp³-hybridized carbons (Fsp3) is 0.318. The van der Waals surface area contributed by atoms with Crippen molar-refractivity contribution in [1.82, 2.24) is 19.7 Å². The Morgan fingerprint density at radius 3 is 2.71 bits per heavy atom. The van der Waals surface area contributed by atoms with E-state index >= 15 is 0 Å². The van der Waals surface area contributed by atoms with E-state index in [9.17, 15) is 4.79 Å². The van der Waals surface area contributed by atoms with Gasteiger partial charge < -0.3 is 18.8 Å². The van der Waals surface area contributed by atoms with Gasteiger partial charge in [0.15, 0.2) is 22.4 Å². The zero-order chi connectivity index (χ0) is 22.2. The first-order valence-corrected chi connectivity index (χ1v) is 10.8. The molecule has 0 bridgehead atoms. The molecule has 0 saturated carbocycles. The summed E-state index contributed by atoms with van der Waals surface area (Å²) in [6.45, 7) is 7.34. The summed E-state index contributed by atoms with van der Waals surface area (Å²) in [7, 11) is 3.19. The van der Waals surface area contributed by atoms with Gasteiger partial charge in [-0.25, -0.2) is 0 Å². The Morgan fingerprint density at radius 1 is 1.26 bits per heavy atom. The highest BCUT2D eigenvalue weighted by Crippen LogP contribution is 2.28. The van der Waals surface area contributed by atoms with Gasteiger partial charge in [0.05, 0.1) is 26.2 Å². The molecule has 2 aromatic heterocycles. The number of hydrogen-bond acceptors (Lipinski definition) is 7. The topological polar surface area (TPSA) is 82.6 Å². The van der Waals surface area contributed by atoms with Gasteiger partial charge in [-0.3, -0.25) is 9.36 Å². The molecule has 0 fully saturated rings. The van der Waals surface area contributed by atoms with Crippen molar-refractivity contribution in [2.75, 3.05) is 26.5 Å². The molecule has 9 heteroatoms. The van der Waals surface area contributed by atoms with E-state index < -0.39 is 0 Å². The van der Waals surface area contributed by atoms with Crippen LogP contribution in [0.5, 0.6) is 11.5 Å². The zero-order valence-electron chi connectivity index (χ0n) is 17.9. The van der Waals surface area contributed by atoms with Gasteiger partial charge in [-0.1, -0.05) is 23.9 Å². The third-order valence-electron chi connectivity index (χ3n) is 4.65. The van der Waals surface area contributed by atoms with Gasteiger partial charge in [-0.15, -0.1) is 16.8 Å². The number of carbonyl (C=O) groups is 1. The van der Waals surface area contributed by atoms with Crippen LogP contribution in [0.25, 0.3) is 11.6 Å². The van der Waals surface area contributed by atoms with Crippen molar-refractivity contribution in [3.05, 3.63) is 54.8 Å². The van der Waals surface area contributed by atoms with Gasteiger partial charge in [-0.2, -0.15) is 0 Å². The van der Waals surface area contributed by atoms with Crippen LogP contribution in [0.4, 0.5) is 0 Å². The quantitative estimate of drug-likeness (QED) is 0.329. The second-order valence-electron chi connectivity index (χ2n) is 6.57. The summed E-state index contributed by atoms with van der Waals surface area (Å²) in [5, 5.41) is 9.10. The molecule has 0 unspecified atom stereocenters. The Kier molecular flexibility index (Phi) is 7.77. The lowest BCUT2D eigenvalue weighted by molar-refractivity contribution is -0.128. The maximum atomic E-state index is 12.9. The van der Waals surface area contributed by atoms with Crippen LogP contribution in [0.2, 0.25) is 0 Å². The number of amides is 1. The molecule has 2 heterocycles. The lowest BCUT2D eigenvalue weighted by atomic mass is 10.2. The minimum absolute atomic E-state index is 0.00925. The third kappa shape index (κ3) is 5.29. The molecule has 0 radical (unpaired) electrons. The lowest BCUT2D eigenvalue weighted by Gasteiger charge is -2.21. The molecule has 0 N–H and O–H groups in total. The monoisotopic (exact) mass is 442 g/mol. The van der Waals surface area contributed by atoms with E-state index in [1.165, 1.54) is 11.8 Å².